The molecule has 0 N–H and O–H groups in total. The van der Waals surface area contributed by atoms with Gasteiger partial charge in [0.1, 0.15) is 5.60 Å². The Morgan fingerprint density at radius 1 is 0.939 bits per heavy atom. The molecule has 1 aliphatic heterocycles. The number of pyridine rings is 1. The summed E-state index contributed by atoms with van der Waals surface area (Å²) in [5.41, 5.74) is 2.56. The van der Waals surface area contributed by atoms with Gasteiger partial charge in [0.2, 0.25) is 0 Å². The first-order valence-corrected chi connectivity index (χ1v) is 11.9. The summed E-state index contributed by atoms with van der Waals surface area (Å²) in [7, 11) is 0. The van der Waals surface area contributed by atoms with Crippen molar-refractivity contribution in [2.45, 2.75) is 32.8 Å². The number of hydrogen-bond acceptors (Lipinski definition) is 4. The molecule has 1 aromatic heterocycles. The van der Waals surface area contributed by atoms with Crippen LogP contribution in [0.2, 0.25) is 0 Å². The van der Waals surface area contributed by atoms with Crippen LogP contribution in [0.25, 0.3) is 22.2 Å². The van der Waals surface area contributed by atoms with E-state index >= 15 is 0 Å². The summed E-state index contributed by atoms with van der Waals surface area (Å²) >= 11 is 3.52. The van der Waals surface area contributed by atoms with Crippen LogP contribution in [0.4, 0.5) is 4.79 Å². The molecule has 0 radical (unpaired) electrons. The number of halogens is 1. The summed E-state index contributed by atoms with van der Waals surface area (Å²) < 4.78 is 6.47. The smallest absolute Gasteiger partial charge is 0.410 e. The minimum Gasteiger partial charge on any atom is -0.444 e. The van der Waals surface area contributed by atoms with E-state index in [4.69, 9.17) is 9.72 Å². The van der Waals surface area contributed by atoms with Crippen LogP contribution < -0.4 is 0 Å². The van der Waals surface area contributed by atoms with E-state index in [0.717, 1.165) is 26.6 Å². The maximum absolute atomic E-state index is 13.7. The lowest BCUT2D eigenvalue weighted by Gasteiger charge is -2.26. The molecule has 0 unspecified atom stereocenters. The van der Waals surface area contributed by atoms with Crippen molar-refractivity contribution >= 4 is 38.8 Å². The molecular weight excluding hydrogens is 482 g/mol. The zero-order chi connectivity index (χ0) is 23.6. The highest BCUT2D eigenvalue weighted by Gasteiger charge is 2.27. The Hall–Kier alpha value is -2.93. The molecule has 3 aromatic rings. The number of nitrogens with zero attached hydrogens (tertiary/aromatic N) is 3. The van der Waals surface area contributed by atoms with Crippen LogP contribution in [0.5, 0.6) is 0 Å². The molecular formula is C26H28BrN3O3. The second kappa shape index (κ2) is 9.51. The van der Waals surface area contributed by atoms with Crippen LogP contribution in [-0.2, 0) is 4.74 Å². The van der Waals surface area contributed by atoms with Gasteiger partial charge in [-0.3, -0.25) is 4.79 Å². The second-order valence-corrected chi connectivity index (χ2v) is 10.1. The van der Waals surface area contributed by atoms with Gasteiger partial charge in [0.15, 0.2) is 0 Å². The summed E-state index contributed by atoms with van der Waals surface area (Å²) in [6, 6.07) is 17.5. The quantitative estimate of drug-likeness (QED) is 0.441. The van der Waals surface area contributed by atoms with Crippen molar-refractivity contribution in [2.75, 3.05) is 26.2 Å². The van der Waals surface area contributed by atoms with Crippen molar-refractivity contribution in [1.82, 2.24) is 14.8 Å². The first-order valence-electron chi connectivity index (χ1n) is 11.1. The number of fused-ring (bicyclic) bond motifs is 1. The van der Waals surface area contributed by atoms with Gasteiger partial charge in [-0.1, -0.05) is 46.3 Å². The van der Waals surface area contributed by atoms with Gasteiger partial charge in [0.25, 0.3) is 5.91 Å². The van der Waals surface area contributed by atoms with Crippen molar-refractivity contribution in [2.24, 2.45) is 0 Å². The number of para-hydroxylation sites is 1. The zero-order valence-corrected chi connectivity index (χ0v) is 20.8. The summed E-state index contributed by atoms with van der Waals surface area (Å²) in [5, 5.41) is 0.828. The summed E-state index contributed by atoms with van der Waals surface area (Å²) in [6.07, 6.45) is 0.370. The topological polar surface area (TPSA) is 62.7 Å². The van der Waals surface area contributed by atoms with E-state index in [0.29, 0.717) is 38.2 Å². The molecule has 2 heterocycles. The Morgan fingerprint density at radius 3 is 2.42 bits per heavy atom. The second-order valence-electron chi connectivity index (χ2n) is 9.20. The highest BCUT2D eigenvalue weighted by Crippen LogP contribution is 2.28. The van der Waals surface area contributed by atoms with Crippen LogP contribution in [-0.4, -0.2) is 58.6 Å². The number of ether oxygens (including phenoxy) is 1. The standard InChI is InChI=1S/C26H28BrN3O3/c1-26(2,3)33-25(32)30-13-7-12-29(14-15-30)24(31)21-17-23(18-8-6-9-19(27)16-18)28-22-11-5-4-10-20(21)22/h4-6,8-11,16-17H,7,12-15H2,1-3H3. The van der Waals surface area contributed by atoms with Gasteiger partial charge in [-0.2, -0.15) is 0 Å². The third kappa shape index (κ3) is 5.53. The van der Waals surface area contributed by atoms with E-state index in [2.05, 4.69) is 15.9 Å². The number of hydrogen-bond donors (Lipinski definition) is 0. The number of amides is 2. The first-order chi connectivity index (χ1) is 15.7. The number of benzene rings is 2. The van der Waals surface area contributed by atoms with Gasteiger partial charge in [-0.15, -0.1) is 0 Å². The molecule has 0 atom stereocenters. The molecule has 172 valence electrons. The SMILES string of the molecule is CC(C)(C)OC(=O)N1CCCN(C(=O)c2cc(-c3cccc(Br)c3)nc3ccccc23)CC1. The largest absolute Gasteiger partial charge is 0.444 e. The zero-order valence-electron chi connectivity index (χ0n) is 19.2. The molecule has 33 heavy (non-hydrogen) atoms. The molecule has 7 heteroatoms. The molecule has 0 bridgehead atoms. The average Bonchev–Trinajstić information content (AvgIpc) is 3.03. The lowest BCUT2D eigenvalue weighted by molar-refractivity contribution is 0.0255. The molecule has 6 nitrogen and oxygen atoms in total. The first kappa shape index (κ1) is 23.2. The van der Waals surface area contributed by atoms with Gasteiger partial charge in [-0.05, 0) is 51.5 Å². The molecule has 0 aliphatic carbocycles. The Bertz CT molecular complexity index is 1190. The van der Waals surface area contributed by atoms with E-state index in [1.807, 2.05) is 80.3 Å². The van der Waals surface area contributed by atoms with Crippen LogP contribution in [0, 0.1) is 0 Å². The monoisotopic (exact) mass is 509 g/mol. The van der Waals surface area contributed by atoms with E-state index < -0.39 is 5.60 Å². The van der Waals surface area contributed by atoms with E-state index in [-0.39, 0.29) is 12.0 Å². The third-order valence-electron chi connectivity index (χ3n) is 5.50. The Kier molecular flexibility index (Phi) is 6.70. The molecule has 0 spiro atoms. The fourth-order valence-electron chi connectivity index (χ4n) is 3.95. The lowest BCUT2D eigenvalue weighted by Crippen LogP contribution is -2.40. The van der Waals surface area contributed by atoms with Crippen molar-refractivity contribution in [3.8, 4) is 11.3 Å². The van der Waals surface area contributed by atoms with Crippen LogP contribution in [0.3, 0.4) is 0 Å². The maximum Gasteiger partial charge on any atom is 0.410 e. The summed E-state index contributed by atoms with van der Waals surface area (Å²) in [5.74, 6) is -0.0455. The highest BCUT2D eigenvalue weighted by atomic mass is 79.9. The molecule has 4 rings (SSSR count). The fraction of sp³-hybridized carbons (Fsp3) is 0.346. The van der Waals surface area contributed by atoms with Crippen molar-refractivity contribution in [3.05, 3.63) is 64.6 Å². The predicted octanol–water partition coefficient (Wildman–Crippen LogP) is 5.75. The van der Waals surface area contributed by atoms with E-state index in [9.17, 15) is 9.59 Å². The van der Waals surface area contributed by atoms with E-state index in [1.54, 1.807) is 4.90 Å². The van der Waals surface area contributed by atoms with Crippen LogP contribution in [0.15, 0.2) is 59.1 Å². The predicted molar refractivity (Wildman–Crippen MR) is 133 cm³/mol. The molecule has 0 saturated carbocycles. The van der Waals surface area contributed by atoms with Gasteiger partial charge >= 0.3 is 6.09 Å². The van der Waals surface area contributed by atoms with Crippen LogP contribution >= 0.6 is 15.9 Å². The minimum atomic E-state index is -0.544. The van der Waals surface area contributed by atoms with Crippen molar-refractivity contribution < 1.29 is 14.3 Å². The van der Waals surface area contributed by atoms with Crippen LogP contribution in [0.1, 0.15) is 37.6 Å². The fourth-order valence-corrected chi connectivity index (χ4v) is 4.35. The van der Waals surface area contributed by atoms with E-state index in [1.165, 1.54) is 0 Å². The van der Waals surface area contributed by atoms with Crippen molar-refractivity contribution in [3.63, 3.8) is 0 Å². The number of carbonyl (C=O) groups excluding carboxylic acids is 2. The summed E-state index contributed by atoms with van der Waals surface area (Å²) in [6.45, 7) is 7.63. The molecule has 2 aromatic carbocycles. The number of carbonyl (C=O) groups is 2. The van der Waals surface area contributed by atoms with Gasteiger partial charge in [-0.25, -0.2) is 9.78 Å². The third-order valence-corrected chi connectivity index (χ3v) is 6.00. The molecule has 1 saturated heterocycles. The Morgan fingerprint density at radius 2 is 1.67 bits per heavy atom. The Labute approximate surface area is 202 Å². The van der Waals surface area contributed by atoms with Gasteiger partial charge < -0.3 is 14.5 Å². The lowest BCUT2D eigenvalue weighted by atomic mass is 10.0. The minimum absolute atomic E-state index is 0.0455. The number of aromatic nitrogens is 1. The Balaban J connectivity index is 1.62. The molecule has 1 fully saturated rings. The number of rotatable bonds is 2. The molecule has 1 aliphatic rings. The van der Waals surface area contributed by atoms with Gasteiger partial charge in [0, 0.05) is 41.6 Å². The normalized spacial score (nSPS) is 14.8. The highest BCUT2D eigenvalue weighted by molar-refractivity contribution is 9.10. The van der Waals surface area contributed by atoms with Gasteiger partial charge in [0.05, 0.1) is 16.8 Å². The summed E-state index contributed by atoms with van der Waals surface area (Å²) in [4.78, 5) is 34.5. The average molecular weight is 510 g/mol. The van der Waals surface area contributed by atoms with Crippen molar-refractivity contribution in [1.29, 1.82) is 0 Å². The maximum atomic E-state index is 13.7. The molecule has 2 amide bonds.